The van der Waals surface area contributed by atoms with E-state index in [1.807, 2.05) is 0 Å². The van der Waals surface area contributed by atoms with E-state index >= 15 is 0 Å². The molecule has 1 unspecified atom stereocenters. The highest BCUT2D eigenvalue weighted by Crippen LogP contribution is 2.24. The summed E-state index contributed by atoms with van der Waals surface area (Å²) in [4.78, 5) is 27.4. The summed E-state index contributed by atoms with van der Waals surface area (Å²) >= 11 is 0. The van der Waals surface area contributed by atoms with Gasteiger partial charge in [-0.25, -0.2) is 10.3 Å². The molecule has 0 aromatic heterocycles. The van der Waals surface area contributed by atoms with Crippen LogP contribution in [0.1, 0.15) is 34.1 Å². The molecule has 0 bridgehead atoms. The third-order valence-corrected chi connectivity index (χ3v) is 1.72. The maximum Gasteiger partial charge on any atom is 0.341 e. The molecule has 0 radical (unpaired) electrons. The van der Waals surface area contributed by atoms with E-state index < -0.39 is 17.2 Å². The highest BCUT2D eigenvalue weighted by Gasteiger charge is 2.45. The van der Waals surface area contributed by atoms with Crippen LogP contribution in [0.3, 0.4) is 0 Å². The van der Waals surface area contributed by atoms with Gasteiger partial charge in [-0.2, -0.15) is 0 Å². The number of carbonyl (C=O) groups is 2. The fourth-order valence-corrected chi connectivity index (χ4v) is 1.05. The number of nitrogens with one attached hydrogen (secondary N) is 1. The fourth-order valence-electron chi connectivity index (χ4n) is 1.05. The molecule has 1 rings (SSSR count). The normalized spacial score (nSPS) is 27.3. The second-order valence-corrected chi connectivity index (χ2v) is 4.54. The fraction of sp³-hybridized carbons (Fsp3) is 0.778. The van der Waals surface area contributed by atoms with Gasteiger partial charge in [0.2, 0.25) is 5.91 Å². The molecular weight excluding hydrogens is 186 g/mol. The Kier molecular flexibility index (Phi) is 2.54. The van der Waals surface area contributed by atoms with E-state index in [2.05, 4.69) is 5.48 Å². The van der Waals surface area contributed by atoms with Crippen LogP contribution in [-0.4, -0.2) is 23.1 Å². The van der Waals surface area contributed by atoms with Crippen molar-refractivity contribution in [2.75, 3.05) is 0 Å². The summed E-state index contributed by atoms with van der Waals surface area (Å²) in [6, 6.07) is 0. The smallest absolute Gasteiger partial charge is 0.341 e. The Hall–Kier alpha value is -1.10. The zero-order valence-corrected chi connectivity index (χ0v) is 8.84. The molecule has 1 saturated heterocycles. The monoisotopic (exact) mass is 201 g/mol. The van der Waals surface area contributed by atoms with E-state index in [1.54, 1.807) is 20.8 Å². The van der Waals surface area contributed by atoms with Gasteiger partial charge in [0.25, 0.3) is 0 Å². The van der Waals surface area contributed by atoms with Crippen molar-refractivity contribution >= 4 is 11.9 Å². The second kappa shape index (κ2) is 3.24. The van der Waals surface area contributed by atoms with Crippen molar-refractivity contribution in [3.63, 3.8) is 0 Å². The number of ether oxygens (including phenoxy) is 1. The second-order valence-electron chi connectivity index (χ2n) is 4.54. The van der Waals surface area contributed by atoms with Crippen molar-refractivity contribution in [1.82, 2.24) is 5.48 Å². The first-order valence-electron chi connectivity index (χ1n) is 4.43. The Morgan fingerprint density at radius 3 is 2.50 bits per heavy atom. The minimum atomic E-state index is -1.19. The quantitative estimate of drug-likeness (QED) is 0.629. The SMILES string of the molecule is CC(C)(C)OC(=O)C1(C)CC(=O)NO1. The summed E-state index contributed by atoms with van der Waals surface area (Å²) in [5.41, 5.74) is 0.373. The van der Waals surface area contributed by atoms with Crippen LogP contribution < -0.4 is 5.48 Å². The highest BCUT2D eigenvalue weighted by molar-refractivity contribution is 5.89. The van der Waals surface area contributed by atoms with Gasteiger partial charge in [-0.15, -0.1) is 0 Å². The predicted molar refractivity (Wildman–Crippen MR) is 48.1 cm³/mol. The van der Waals surface area contributed by atoms with Crippen molar-refractivity contribution in [3.05, 3.63) is 0 Å². The third-order valence-electron chi connectivity index (χ3n) is 1.72. The number of hydrogen-bond donors (Lipinski definition) is 1. The molecule has 0 saturated carbocycles. The van der Waals surface area contributed by atoms with E-state index in [-0.39, 0.29) is 12.3 Å². The topological polar surface area (TPSA) is 64.6 Å². The first-order chi connectivity index (χ1) is 6.23. The molecule has 0 aromatic carbocycles. The summed E-state index contributed by atoms with van der Waals surface area (Å²) in [6.45, 7) is 6.81. The highest BCUT2D eigenvalue weighted by atomic mass is 16.7. The third kappa shape index (κ3) is 2.45. The Bertz CT molecular complexity index is 268. The number of amides is 1. The molecular formula is C9H15NO4. The van der Waals surface area contributed by atoms with Crippen molar-refractivity contribution < 1.29 is 19.2 Å². The average molecular weight is 201 g/mol. The van der Waals surface area contributed by atoms with Crippen LogP contribution >= 0.6 is 0 Å². The van der Waals surface area contributed by atoms with Crippen molar-refractivity contribution in [3.8, 4) is 0 Å². The molecule has 14 heavy (non-hydrogen) atoms. The van der Waals surface area contributed by atoms with E-state index in [9.17, 15) is 9.59 Å². The Morgan fingerprint density at radius 2 is 2.14 bits per heavy atom. The van der Waals surface area contributed by atoms with E-state index in [1.165, 1.54) is 6.92 Å². The summed E-state index contributed by atoms with van der Waals surface area (Å²) in [5.74, 6) is -0.832. The first-order valence-corrected chi connectivity index (χ1v) is 4.43. The van der Waals surface area contributed by atoms with Crippen molar-refractivity contribution in [2.24, 2.45) is 0 Å². The molecule has 1 heterocycles. The lowest BCUT2D eigenvalue weighted by Gasteiger charge is -2.25. The average Bonchev–Trinajstić information content (AvgIpc) is 2.29. The molecule has 5 heteroatoms. The standard InChI is InChI=1S/C9H15NO4/c1-8(2,3)13-7(12)9(4)5-6(11)10-14-9/h5H2,1-4H3,(H,10,11). The van der Waals surface area contributed by atoms with Crippen LogP contribution in [0, 0.1) is 0 Å². The Balaban J connectivity index is 2.65. The van der Waals surface area contributed by atoms with E-state index in [0.717, 1.165) is 0 Å². The van der Waals surface area contributed by atoms with Crippen LogP contribution in [-0.2, 0) is 19.2 Å². The van der Waals surface area contributed by atoms with Gasteiger partial charge >= 0.3 is 5.97 Å². The van der Waals surface area contributed by atoms with Gasteiger partial charge in [-0.05, 0) is 27.7 Å². The zero-order chi connectivity index (χ0) is 11.0. The van der Waals surface area contributed by atoms with Crippen LogP contribution in [0.5, 0.6) is 0 Å². The molecule has 0 aliphatic carbocycles. The van der Waals surface area contributed by atoms with Crippen LogP contribution in [0.2, 0.25) is 0 Å². The summed E-state index contributed by atoms with van der Waals surface area (Å²) in [5, 5.41) is 0. The first kappa shape index (κ1) is 11.0. The number of hydrogen-bond acceptors (Lipinski definition) is 4. The zero-order valence-electron chi connectivity index (χ0n) is 8.84. The van der Waals surface area contributed by atoms with Gasteiger partial charge in [0, 0.05) is 0 Å². The molecule has 1 N–H and O–H groups in total. The molecule has 80 valence electrons. The Morgan fingerprint density at radius 1 is 1.57 bits per heavy atom. The van der Waals surface area contributed by atoms with Crippen LogP contribution in [0.25, 0.3) is 0 Å². The van der Waals surface area contributed by atoms with Gasteiger partial charge in [0.05, 0.1) is 6.42 Å². The summed E-state index contributed by atoms with van der Waals surface area (Å²) in [6.07, 6.45) is 0.00190. The van der Waals surface area contributed by atoms with Gasteiger partial charge in [-0.3, -0.25) is 9.63 Å². The predicted octanol–water partition coefficient (Wildman–Crippen LogP) is 0.538. The lowest BCUT2D eigenvalue weighted by molar-refractivity contribution is -0.181. The summed E-state index contributed by atoms with van der Waals surface area (Å²) < 4.78 is 5.12. The van der Waals surface area contributed by atoms with Crippen LogP contribution in [0.15, 0.2) is 0 Å². The lowest BCUT2D eigenvalue weighted by atomic mass is 10.0. The summed E-state index contributed by atoms with van der Waals surface area (Å²) in [7, 11) is 0. The molecule has 1 amide bonds. The molecule has 1 atom stereocenters. The lowest BCUT2D eigenvalue weighted by Crippen LogP contribution is -2.41. The van der Waals surface area contributed by atoms with Gasteiger partial charge in [-0.1, -0.05) is 0 Å². The largest absolute Gasteiger partial charge is 0.458 e. The number of hydroxylamine groups is 1. The van der Waals surface area contributed by atoms with E-state index in [0.29, 0.717) is 0 Å². The van der Waals surface area contributed by atoms with Crippen LogP contribution in [0.4, 0.5) is 0 Å². The maximum absolute atomic E-state index is 11.6. The minimum absolute atomic E-state index is 0.00190. The van der Waals surface area contributed by atoms with Gasteiger partial charge < -0.3 is 4.74 Å². The Labute approximate surface area is 82.7 Å². The molecule has 5 nitrogen and oxygen atoms in total. The number of carbonyl (C=O) groups excluding carboxylic acids is 2. The number of rotatable bonds is 1. The molecule has 1 aliphatic heterocycles. The maximum atomic E-state index is 11.6. The van der Waals surface area contributed by atoms with Crippen molar-refractivity contribution in [2.45, 2.75) is 45.3 Å². The molecule has 1 aliphatic rings. The van der Waals surface area contributed by atoms with Gasteiger partial charge in [0.15, 0.2) is 5.60 Å². The minimum Gasteiger partial charge on any atom is -0.458 e. The van der Waals surface area contributed by atoms with E-state index in [4.69, 9.17) is 9.57 Å². The van der Waals surface area contributed by atoms with Gasteiger partial charge in [0.1, 0.15) is 5.60 Å². The molecule has 0 aromatic rings. The molecule has 1 fully saturated rings. The van der Waals surface area contributed by atoms with Crippen molar-refractivity contribution in [1.29, 1.82) is 0 Å². The molecule has 0 spiro atoms. The number of esters is 1.